The summed E-state index contributed by atoms with van der Waals surface area (Å²) in [6.45, 7) is 2.04. The van der Waals surface area contributed by atoms with Crippen molar-refractivity contribution >= 4 is 33.3 Å². The van der Waals surface area contributed by atoms with Gasteiger partial charge in [-0.25, -0.2) is 4.79 Å². The summed E-state index contributed by atoms with van der Waals surface area (Å²) in [5.41, 5.74) is 2.97. The average molecular weight is 324 g/mol. The number of halogens is 1. The van der Waals surface area contributed by atoms with E-state index < -0.39 is 5.97 Å². The van der Waals surface area contributed by atoms with Gasteiger partial charge in [0.25, 0.3) is 0 Å². The fourth-order valence-electron chi connectivity index (χ4n) is 1.82. The van der Waals surface area contributed by atoms with Crippen molar-refractivity contribution in [2.45, 2.75) is 13.3 Å². The van der Waals surface area contributed by atoms with Crippen molar-refractivity contribution in [2.75, 3.05) is 5.32 Å². The van der Waals surface area contributed by atoms with Crippen LogP contribution in [0, 0.1) is 0 Å². The van der Waals surface area contributed by atoms with Gasteiger partial charge in [0.2, 0.25) is 0 Å². The Morgan fingerprint density at radius 1 is 1.53 bits per heavy atom. The Labute approximate surface area is 119 Å². The summed E-state index contributed by atoms with van der Waals surface area (Å²) in [5, 5.41) is 16.6. The fourth-order valence-corrected chi connectivity index (χ4v) is 2.37. The number of aromatic carboxylic acids is 1. The Morgan fingerprint density at radius 3 is 2.84 bits per heavy atom. The van der Waals surface area contributed by atoms with Gasteiger partial charge in [0, 0.05) is 23.4 Å². The lowest BCUT2D eigenvalue weighted by atomic mass is 10.2. The maximum atomic E-state index is 10.9. The molecule has 2 rings (SSSR count). The Balaban J connectivity index is 2.28. The zero-order valence-electron chi connectivity index (χ0n) is 10.6. The molecule has 2 aromatic rings. The van der Waals surface area contributed by atoms with E-state index in [2.05, 4.69) is 26.3 Å². The van der Waals surface area contributed by atoms with E-state index in [-0.39, 0.29) is 5.56 Å². The van der Waals surface area contributed by atoms with Gasteiger partial charge in [0.15, 0.2) is 0 Å². The van der Waals surface area contributed by atoms with Crippen molar-refractivity contribution < 1.29 is 9.90 Å². The molecule has 0 saturated carbocycles. The zero-order valence-corrected chi connectivity index (χ0v) is 12.2. The number of carboxylic acids is 1. The first-order valence-corrected chi connectivity index (χ1v) is 6.63. The molecular formula is C13H14BrN3O2. The number of aryl methyl sites for hydroxylation is 2. The van der Waals surface area contributed by atoms with Crippen LogP contribution in [0.5, 0.6) is 0 Å². The maximum absolute atomic E-state index is 10.9. The highest BCUT2D eigenvalue weighted by atomic mass is 79.9. The van der Waals surface area contributed by atoms with Crippen LogP contribution < -0.4 is 5.32 Å². The van der Waals surface area contributed by atoms with Gasteiger partial charge in [-0.1, -0.05) is 6.92 Å². The highest BCUT2D eigenvalue weighted by Crippen LogP contribution is 2.25. The van der Waals surface area contributed by atoms with Crippen molar-refractivity contribution in [3.05, 3.63) is 40.1 Å². The first kappa shape index (κ1) is 13.6. The number of nitrogens with one attached hydrogen (secondary N) is 1. The SMILES string of the molecule is CCc1nn(C)cc1Nc1ccc(C(=O)O)c(Br)c1. The van der Waals surface area contributed by atoms with Crippen LogP contribution in [0.1, 0.15) is 23.0 Å². The Hall–Kier alpha value is -1.82. The molecule has 1 aromatic heterocycles. The van der Waals surface area contributed by atoms with Crippen molar-refractivity contribution in [1.29, 1.82) is 0 Å². The third-order valence-electron chi connectivity index (χ3n) is 2.72. The summed E-state index contributed by atoms with van der Waals surface area (Å²) in [6.07, 6.45) is 2.73. The minimum absolute atomic E-state index is 0.243. The minimum atomic E-state index is -0.950. The molecule has 1 heterocycles. The van der Waals surface area contributed by atoms with Crippen molar-refractivity contribution in [3.63, 3.8) is 0 Å². The predicted molar refractivity (Wildman–Crippen MR) is 77.0 cm³/mol. The minimum Gasteiger partial charge on any atom is -0.478 e. The lowest BCUT2D eigenvalue weighted by Crippen LogP contribution is -1.99. The number of carbonyl (C=O) groups is 1. The van der Waals surface area contributed by atoms with Crippen LogP contribution in [-0.4, -0.2) is 20.9 Å². The van der Waals surface area contributed by atoms with Gasteiger partial charge in [-0.05, 0) is 40.5 Å². The van der Waals surface area contributed by atoms with Crippen molar-refractivity contribution in [1.82, 2.24) is 9.78 Å². The summed E-state index contributed by atoms with van der Waals surface area (Å²) in [5.74, 6) is -0.950. The molecule has 0 radical (unpaired) electrons. The topological polar surface area (TPSA) is 67.2 Å². The molecule has 0 aliphatic heterocycles. The quantitative estimate of drug-likeness (QED) is 0.906. The molecule has 100 valence electrons. The van der Waals surface area contributed by atoms with E-state index in [0.717, 1.165) is 23.5 Å². The Morgan fingerprint density at radius 2 is 2.26 bits per heavy atom. The van der Waals surface area contributed by atoms with Crippen molar-refractivity contribution in [3.8, 4) is 0 Å². The molecule has 1 aromatic carbocycles. The molecular weight excluding hydrogens is 310 g/mol. The maximum Gasteiger partial charge on any atom is 0.336 e. The lowest BCUT2D eigenvalue weighted by molar-refractivity contribution is 0.0696. The molecule has 0 spiro atoms. The number of carboxylic acid groups (broad SMARTS) is 1. The molecule has 0 unspecified atom stereocenters. The summed E-state index contributed by atoms with van der Waals surface area (Å²) >= 11 is 3.26. The number of nitrogens with zero attached hydrogens (tertiary/aromatic N) is 2. The lowest BCUT2D eigenvalue weighted by Gasteiger charge is -2.07. The average Bonchev–Trinajstić information content (AvgIpc) is 2.69. The summed E-state index contributed by atoms with van der Waals surface area (Å²) in [7, 11) is 1.87. The second-order valence-electron chi connectivity index (χ2n) is 4.14. The van der Waals surface area contributed by atoms with Gasteiger partial charge in [0.05, 0.1) is 16.9 Å². The number of aromatic nitrogens is 2. The molecule has 6 heteroatoms. The smallest absolute Gasteiger partial charge is 0.336 e. The van der Waals surface area contributed by atoms with E-state index in [1.54, 1.807) is 22.9 Å². The van der Waals surface area contributed by atoms with Crippen LogP contribution in [0.4, 0.5) is 11.4 Å². The van der Waals surface area contributed by atoms with Gasteiger partial charge in [-0.2, -0.15) is 5.10 Å². The van der Waals surface area contributed by atoms with Crippen LogP contribution >= 0.6 is 15.9 Å². The molecule has 2 N–H and O–H groups in total. The molecule has 5 nitrogen and oxygen atoms in total. The van der Waals surface area contributed by atoms with Gasteiger partial charge in [-0.3, -0.25) is 4.68 Å². The van der Waals surface area contributed by atoms with Gasteiger partial charge < -0.3 is 10.4 Å². The molecule has 0 aliphatic carbocycles. The van der Waals surface area contributed by atoms with E-state index >= 15 is 0 Å². The summed E-state index contributed by atoms with van der Waals surface area (Å²) in [4.78, 5) is 10.9. The monoisotopic (exact) mass is 323 g/mol. The van der Waals surface area contributed by atoms with Crippen LogP contribution in [0.2, 0.25) is 0 Å². The fraction of sp³-hybridized carbons (Fsp3) is 0.231. The largest absolute Gasteiger partial charge is 0.478 e. The van der Waals surface area contributed by atoms with Gasteiger partial charge in [-0.15, -0.1) is 0 Å². The molecule has 0 bridgehead atoms. The van der Waals surface area contributed by atoms with Gasteiger partial charge >= 0.3 is 5.97 Å². The summed E-state index contributed by atoms with van der Waals surface area (Å²) < 4.78 is 2.30. The number of rotatable bonds is 4. The van der Waals surface area contributed by atoms with Gasteiger partial charge in [0.1, 0.15) is 0 Å². The third-order valence-corrected chi connectivity index (χ3v) is 3.37. The second-order valence-corrected chi connectivity index (χ2v) is 5.00. The van der Waals surface area contributed by atoms with Crippen molar-refractivity contribution in [2.24, 2.45) is 7.05 Å². The third kappa shape index (κ3) is 2.96. The molecule has 0 fully saturated rings. The van der Waals surface area contributed by atoms with E-state index in [0.29, 0.717) is 4.47 Å². The Bertz CT molecular complexity index is 622. The molecule has 0 saturated heterocycles. The first-order chi connectivity index (χ1) is 9.01. The number of benzene rings is 1. The van der Waals surface area contributed by atoms with Crippen LogP contribution in [0.15, 0.2) is 28.9 Å². The highest BCUT2D eigenvalue weighted by Gasteiger charge is 2.10. The molecule has 0 atom stereocenters. The zero-order chi connectivity index (χ0) is 14.0. The number of hydrogen-bond acceptors (Lipinski definition) is 3. The first-order valence-electron chi connectivity index (χ1n) is 5.83. The Kier molecular flexibility index (Phi) is 3.90. The van der Waals surface area contributed by atoms with Crippen LogP contribution in [-0.2, 0) is 13.5 Å². The number of anilines is 2. The standard InChI is InChI=1S/C13H14BrN3O2/c1-3-11-12(7-17(2)16-11)15-8-4-5-9(13(18)19)10(14)6-8/h4-7,15H,3H2,1-2H3,(H,18,19). The van der Waals surface area contributed by atoms with Crippen LogP contribution in [0.25, 0.3) is 0 Å². The molecule has 0 amide bonds. The van der Waals surface area contributed by atoms with Crippen LogP contribution in [0.3, 0.4) is 0 Å². The normalized spacial score (nSPS) is 10.5. The van der Waals surface area contributed by atoms with E-state index in [4.69, 9.17) is 5.11 Å². The van der Waals surface area contributed by atoms with E-state index in [1.807, 2.05) is 20.2 Å². The second kappa shape index (κ2) is 5.44. The van der Waals surface area contributed by atoms with E-state index in [9.17, 15) is 4.79 Å². The number of hydrogen-bond donors (Lipinski definition) is 2. The molecule has 0 aliphatic rings. The molecule has 19 heavy (non-hydrogen) atoms. The summed E-state index contributed by atoms with van der Waals surface area (Å²) in [6, 6.07) is 5.05. The predicted octanol–water partition coefficient (Wildman–Crippen LogP) is 3.19. The van der Waals surface area contributed by atoms with E-state index in [1.165, 1.54) is 0 Å². The highest BCUT2D eigenvalue weighted by molar-refractivity contribution is 9.10.